The van der Waals surface area contributed by atoms with Crippen LogP contribution in [0.1, 0.15) is 12.5 Å². The van der Waals surface area contributed by atoms with Gasteiger partial charge in [-0.25, -0.2) is 0 Å². The van der Waals surface area contributed by atoms with Crippen molar-refractivity contribution < 1.29 is 18.9 Å². The summed E-state index contributed by atoms with van der Waals surface area (Å²) in [6.07, 6.45) is 0.0427. The molecule has 0 aliphatic heterocycles. The molecule has 114 valence electrons. The predicted molar refractivity (Wildman–Crippen MR) is 78.5 cm³/mol. The van der Waals surface area contributed by atoms with Gasteiger partial charge in [-0.3, -0.25) is 0 Å². The predicted octanol–water partition coefficient (Wildman–Crippen LogP) is 1.84. The number of ether oxygens (including phenoxy) is 4. The Hall–Kier alpha value is -1.30. The molecule has 1 N–H and O–H groups in total. The van der Waals surface area contributed by atoms with Gasteiger partial charge < -0.3 is 24.3 Å². The second-order valence-electron chi connectivity index (χ2n) is 4.33. The molecule has 1 aromatic rings. The first-order valence-corrected chi connectivity index (χ1v) is 6.77. The number of hydrogen-bond acceptors (Lipinski definition) is 5. The Balaban J connectivity index is 2.60. The van der Waals surface area contributed by atoms with E-state index in [0.717, 1.165) is 17.1 Å². The van der Waals surface area contributed by atoms with E-state index >= 15 is 0 Å². The summed E-state index contributed by atoms with van der Waals surface area (Å²) in [5.41, 5.74) is 1.06. The maximum absolute atomic E-state index is 5.56. The zero-order chi connectivity index (χ0) is 14.8. The lowest BCUT2D eigenvalue weighted by Crippen LogP contribution is -2.31. The van der Waals surface area contributed by atoms with E-state index in [1.54, 1.807) is 21.3 Å². The van der Waals surface area contributed by atoms with E-state index in [4.69, 9.17) is 18.9 Å². The summed E-state index contributed by atoms with van der Waals surface area (Å²) in [6, 6.07) is 5.90. The molecule has 0 aromatic heterocycles. The first kappa shape index (κ1) is 16.8. The van der Waals surface area contributed by atoms with Gasteiger partial charge in [-0.05, 0) is 13.0 Å². The molecule has 5 nitrogen and oxygen atoms in total. The molecule has 0 saturated carbocycles. The van der Waals surface area contributed by atoms with Crippen molar-refractivity contribution in [3.05, 3.63) is 23.8 Å². The SMILES string of the molecule is CCOc1cccc(CNCC(COC)OC)c1OC. The molecule has 0 aliphatic rings. The first-order chi connectivity index (χ1) is 9.76. The number of hydrogen-bond donors (Lipinski definition) is 1. The van der Waals surface area contributed by atoms with Gasteiger partial charge in [-0.1, -0.05) is 12.1 Å². The van der Waals surface area contributed by atoms with E-state index in [2.05, 4.69) is 5.32 Å². The van der Waals surface area contributed by atoms with Crippen molar-refractivity contribution in [3.8, 4) is 11.5 Å². The minimum absolute atomic E-state index is 0.0427. The van der Waals surface area contributed by atoms with Crippen molar-refractivity contribution in [1.29, 1.82) is 0 Å². The molecule has 20 heavy (non-hydrogen) atoms. The largest absolute Gasteiger partial charge is 0.493 e. The summed E-state index contributed by atoms with van der Waals surface area (Å²) in [6.45, 7) is 4.55. The molecule has 0 fully saturated rings. The van der Waals surface area contributed by atoms with Crippen LogP contribution in [0.5, 0.6) is 11.5 Å². The van der Waals surface area contributed by atoms with Crippen molar-refractivity contribution in [3.63, 3.8) is 0 Å². The van der Waals surface area contributed by atoms with Crippen LogP contribution < -0.4 is 14.8 Å². The van der Waals surface area contributed by atoms with E-state index < -0.39 is 0 Å². The average Bonchev–Trinajstić information content (AvgIpc) is 2.47. The van der Waals surface area contributed by atoms with E-state index in [0.29, 0.717) is 26.3 Å². The fraction of sp³-hybridized carbons (Fsp3) is 0.600. The van der Waals surface area contributed by atoms with Crippen LogP contribution in [0.25, 0.3) is 0 Å². The highest BCUT2D eigenvalue weighted by atomic mass is 16.5. The second-order valence-corrected chi connectivity index (χ2v) is 4.33. The zero-order valence-corrected chi connectivity index (χ0v) is 12.8. The summed E-state index contributed by atoms with van der Waals surface area (Å²) in [7, 11) is 5.01. The molecule has 0 radical (unpaired) electrons. The van der Waals surface area contributed by atoms with E-state index in [1.165, 1.54) is 0 Å². The summed E-state index contributed by atoms with van der Waals surface area (Å²) in [5, 5.41) is 3.34. The summed E-state index contributed by atoms with van der Waals surface area (Å²) in [5.74, 6) is 1.55. The molecular weight excluding hydrogens is 258 g/mol. The molecule has 1 aromatic carbocycles. The Morgan fingerprint density at radius 2 is 2.00 bits per heavy atom. The van der Waals surface area contributed by atoms with Crippen LogP contribution in [0.4, 0.5) is 0 Å². The van der Waals surface area contributed by atoms with Crippen molar-refractivity contribution in [2.75, 3.05) is 41.1 Å². The van der Waals surface area contributed by atoms with Gasteiger partial charge in [-0.2, -0.15) is 0 Å². The third-order valence-electron chi connectivity index (χ3n) is 2.94. The Morgan fingerprint density at radius 1 is 1.20 bits per heavy atom. The van der Waals surface area contributed by atoms with Gasteiger partial charge in [0.15, 0.2) is 11.5 Å². The lowest BCUT2D eigenvalue weighted by atomic mass is 10.2. The number of rotatable bonds is 10. The molecule has 5 heteroatoms. The smallest absolute Gasteiger partial charge is 0.165 e. The minimum atomic E-state index is 0.0427. The summed E-state index contributed by atoms with van der Waals surface area (Å²) >= 11 is 0. The molecular formula is C15H25NO4. The minimum Gasteiger partial charge on any atom is -0.493 e. The molecule has 1 rings (SSSR count). The van der Waals surface area contributed by atoms with Crippen molar-refractivity contribution in [2.24, 2.45) is 0 Å². The van der Waals surface area contributed by atoms with Crippen LogP contribution in [0.3, 0.4) is 0 Å². The highest BCUT2D eigenvalue weighted by Crippen LogP contribution is 2.30. The van der Waals surface area contributed by atoms with Crippen LogP contribution in [0, 0.1) is 0 Å². The number of benzene rings is 1. The Morgan fingerprint density at radius 3 is 2.60 bits per heavy atom. The monoisotopic (exact) mass is 283 g/mol. The quantitative estimate of drug-likeness (QED) is 0.710. The number of nitrogens with one attached hydrogen (secondary N) is 1. The van der Waals surface area contributed by atoms with Crippen LogP contribution in [-0.4, -0.2) is 47.2 Å². The lowest BCUT2D eigenvalue weighted by molar-refractivity contribution is 0.0287. The Labute approximate surface area is 121 Å². The summed E-state index contributed by atoms with van der Waals surface area (Å²) < 4.78 is 21.4. The molecule has 1 unspecified atom stereocenters. The van der Waals surface area contributed by atoms with Gasteiger partial charge in [0.1, 0.15) is 0 Å². The average molecular weight is 283 g/mol. The van der Waals surface area contributed by atoms with Gasteiger partial charge in [0.05, 0.1) is 26.4 Å². The first-order valence-electron chi connectivity index (χ1n) is 6.77. The maximum atomic E-state index is 5.56. The lowest BCUT2D eigenvalue weighted by Gasteiger charge is -2.17. The van der Waals surface area contributed by atoms with Crippen LogP contribution >= 0.6 is 0 Å². The van der Waals surface area contributed by atoms with Gasteiger partial charge in [0.2, 0.25) is 0 Å². The van der Waals surface area contributed by atoms with Crippen molar-refractivity contribution in [1.82, 2.24) is 5.32 Å². The molecule has 0 heterocycles. The van der Waals surface area contributed by atoms with Crippen molar-refractivity contribution >= 4 is 0 Å². The van der Waals surface area contributed by atoms with Crippen LogP contribution in [-0.2, 0) is 16.0 Å². The molecule has 1 atom stereocenters. The third kappa shape index (κ3) is 5.00. The number of methoxy groups -OCH3 is 3. The van der Waals surface area contributed by atoms with E-state index in [9.17, 15) is 0 Å². The van der Waals surface area contributed by atoms with Gasteiger partial charge in [-0.15, -0.1) is 0 Å². The third-order valence-corrected chi connectivity index (χ3v) is 2.94. The molecule has 0 aliphatic carbocycles. The van der Waals surface area contributed by atoms with Crippen LogP contribution in [0.2, 0.25) is 0 Å². The maximum Gasteiger partial charge on any atom is 0.165 e. The molecule has 0 bridgehead atoms. The zero-order valence-electron chi connectivity index (χ0n) is 12.8. The van der Waals surface area contributed by atoms with E-state index in [1.807, 2.05) is 25.1 Å². The second kappa shape index (κ2) is 9.58. The molecule has 0 saturated heterocycles. The Bertz CT molecular complexity index is 384. The molecule has 0 amide bonds. The van der Waals surface area contributed by atoms with Gasteiger partial charge in [0.25, 0.3) is 0 Å². The highest BCUT2D eigenvalue weighted by molar-refractivity contribution is 5.46. The fourth-order valence-electron chi connectivity index (χ4n) is 1.97. The summed E-state index contributed by atoms with van der Waals surface area (Å²) in [4.78, 5) is 0. The van der Waals surface area contributed by atoms with Gasteiger partial charge >= 0.3 is 0 Å². The Kier molecular flexibility index (Phi) is 8.02. The number of para-hydroxylation sites is 1. The topological polar surface area (TPSA) is 49.0 Å². The van der Waals surface area contributed by atoms with Crippen molar-refractivity contribution in [2.45, 2.75) is 19.6 Å². The molecule has 0 spiro atoms. The van der Waals surface area contributed by atoms with E-state index in [-0.39, 0.29) is 6.10 Å². The van der Waals surface area contributed by atoms with Crippen LogP contribution in [0.15, 0.2) is 18.2 Å². The standard InChI is InChI=1S/C15H25NO4/c1-5-20-14-8-6-7-12(15(14)19-4)9-16-10-13(18-3)11-17-2/h6-8,13,16H,5,9-11H2,1-4H3. The highest BCUT2D eigenvalue weighted by Gasteiger charge is 2.11. The fourth-order valence-corrected chi connectivity index (χ4v) is 1.97. The van der Waals surface area contributed by atoms with Gasteiger partial charge in [0, 0.05) is 32.9 Å². The normalized spacial score (nSPS) is 12.2.